The number of nitrogens with one attached hydrogen (secondary N) is 1. The zero-order valence-electron chi connectivity index (χ0n) is 8.84. The third kappa shape index (κ3) is 3.80. The van der Waals surface area contributed by atoms with Crippen molar-refractivity contribution in [1.29, 1.82) is 0 Å². The summed E-state index contributed by atoms with van der Waals surface area (Å²) >= 11 is 5.40. The highest BCUT2D eigenvalue weighted by atomic mass is 35.5. The van der Waals surface area contributed by atoms with Crippen LogP contribution >= 0.6 is 11.6 Å². The number of aryl methyl sites for hydroxylation is 2. The fourth-order valence-corrected chi connectivity index (χ4v) is 1.22. The second-order valence-corrected chi connectivity index (χ2v) is 3.65. The predicted octanol–water partition coefficient (Wildman–Crippen LogP) is 3.09. The summed E-state index contributed by atoms with van der Waals surface area (Å²) in [7, 11) is 0. The van der Waals surface area contributed by atoms with Crippen LogP contribution in [0.3, 0.4) is 0 Å². The SMILES string of the molecule is Cc1ccc(C)c(NC(=O)OCCCl)c1. The van der Waals surface area contributed by atoms with Gasteiger partial charge in [0.05, 0.1) is 5.88 Å². The van der Waals surface area contributed by atoms with E-state index in [-0.39, 0.29) is 6.61 Å². The zero-order valence-corrected chi connectivity index (χ0v) is 9.60. The molecule has 0 unspecified atom stereocenters. The number of benzene rings is 1. The average Bonchev–Trinajstić information content (AvgIpc) is 2.20. The molecule has 0 aromatic heterocycles. The minimum absolute atomic E-state index is 0.220. The molecule has 1 rings (SSSR count). The van der Waals surface area contributed by atoms with Crippen LogP contribution in [-0.4, -0.2) is 18.6 Å². The lowest BCUT2D eigenvalue weighted by Crippen LogP contribution is -2.15. The highest BCUT2D eigenvalue weighted by Crippen LogP contribution is 2.16. The van der Waals surface area contributed by atoms with Crippen molar-refractivity contribution < 1.29 is 9.53 Å². The van der Waals surface area contributed by atoms with E-state index in [4.69, 9.17) is 16.3 Å². The van der Waals surface area contributed by atoms with Crippen molar-refractivity contribution in [2.75, 3.05) is 17.8 Å². The Hall–Kier alpha value is -1.22. The van der Waals surface area contributed by atoms with Crippen molar-refractivity contribution in [3.63, 3.8) is 0 Å². The van der Waals surface area contributed by atoms with E-state index in [9.17, 15) is 4.79 Å². The Kier molecular flexibility index (Phi) is 4.43. The van der Waals surface area contributed by atoms with E-state index < -0.39 is 6.09 Å². The minimum atomic E-state index is -0.468. The molecule has 82 valence electrons. The summed E-state index contributed by atoms with van der Waals surface area (Å²) in [5, 5.41) is 2.67. The van der Waals surface area contributed by atoms with Gasteiger partial charge in [0.1, 0.15) is 6.61 Å². The fraction of sp³-hybridized carbons (Fsp3) is 0.364. The molecule has 0 spiro atoms. The number of carbonyl (C=O) groups excluding carboxylic acids is 1. The number of carbonyl (C=O) groups is 1. The number of alkyl halides is 1. The van der Waals surface area contributed by atoms with Gasteiger partial charge in [0.2, 0.25) is 0 Å². The van der Waals surface area contributed by atoms with Crippen LogP contribution in [0.25, 0.3) is 0 Å². The van der Waals surface area contributed by atoms with Crippen LogP contribution in [0, 0.1) is 13.8 Å². The Morgan fingerprint density at radius 1 is 1.47 bits per heavy atom. The van der Waals surface area contributed by atoms with Gasteiger partial charge in [-0.15, -0.1) is 11.6 Å². The molecule has 0 saturated heterocycles. The van der Waals surface area contributed by atoms with E-state index in [1.165, 1.54) is 0 Å². The van der Waals surface area contributed by atoms with Gasteiger partial charge in [-0.25, -0.2) is 4.79 Å². The van der Waals surface area contributed by atoms with E-state index in [1.54, 1.807) is 0 Å². The van der Waals surface area contributed by atoms with Crippen molar-refractivity contribution >= 4 is 23.4 Å². The van der Waals surface area contributed by atoms with E-state index in [2.05, 4.69) is 5.32 Å². The standard InChI is InChI=1S/C11H14ClNO2/c1-8-3-4-9(2)10(7-8)13-11(14)15-6-5-12/h3-4,7H,5-6H2,1-2H3,(H,13,14). The van der Waals surface area contributed by atoms with Gasteiger partial charge < -0.3 is 4.74 Å². The maximum atomic E-state index is 11.2. The van der Waals surface area contributed by atoms with Crippen molar-refractivity contribution in [2.24, 2.45) is 0 Å². The molecule has 1 N–H and O–H groups in total. The molecular formula is C11H14ClNO2. The Labute approximate surface area is 94.4 Å². The number of hydrogen-bond donors (Lipinski definition) is 1. The topological polar surface area (TPSA) is 38.3 Å². The predicted molar refractivity (Wildman–Crippen MR) is 61.6 cm³/mol. The molecule has 0 saturated carbocycles. The van der Waals surface area contributed by atoms with Crippen LogP contribution in [0.15, 0.2) is 18.2 Å². The first-order valence-corrected chi connectivity index (χ1v) is 5.24. The summed E-state index contributed by atoms with van der Waals surface area (Å²) in [4.78, 5) is 11.2. The van der Waals surface area contributed by atoms with Gasteiger partial charge in [-0.3, -0.25) is 5.32 Å². The number of hydrogen-bond acceptors (Lipinski definition) is 2. The number of anilines is 1. The van der Waals surface area contributed by atoms with Crippen LogP contribution < -0.4 is 5.32 Å². The largest absolute Gasteiger partial charge is 0.448 e. The molecule has 3 nitrogen and oxygen atoms in total. The Morgan fingerprint density at radius 3 is 2.87 bits per heavy atom. The van der Waals surface area contributed by atoms with Crippen LogP contribution in [0.5, 0.6) is 0 Å². The van der Waals surface area contributed by atoms with Gasteiger partial charge >= 0.3 is 6.09 Å². The molecule has 15 heavy (non-hydrogen) atoms. The molecule has 0 radical (unpaired) electrons. The van der Waals surface area contributed by atoms with E-state index in [1.807, 2.05) is 32.0 Å². The zero-order chi connectivity index (χ0) is 11.3. The maximum Gasteiger partial charge on any atom is 0.411 e. The third-order valence-electron chi connectivity index (χ3n) is 1.94. The first kappa shape index (κ1) is 11.9. The van der Waals surface area contributed by atoms with Crippen LogP contribution in [0.1, 0.15) is 11.1 Å². The van der Waals surface area contributed by atoms with Gasteiger partial charge in [0, 0.05) is 5.69 Å². The summed E-state index contributed by atoms with van der Waals surface area (Å²) in [6.45, 7) is 4.11. The van der Waals surface area contributed by atoms with Crippen LogP contribution in [0.2, 0.25) is 0 Å². The number of halogens is 1. The van der Waals surface area contributed by atoms with Crippen LogP contribution in [0.4, 0.5) is 10.5 Å². The Balaban J connectivity index is 2.63. The highest BCUT2D eigenvalue weighted by Gasteiger charge is 2.04. The molecule has 0 heterocycles. The Bertz CT molecular complexity index is 352. The molecule has 0 aliphatic heterocycles. The van der Waals surface area contributed by atoms with Gasteiger partial charge in [-0.2, -0.15) is 0 Å². The minimum Gasteiger partial charge on any atom is -0.448 e. The monoisotopic (exact) mass is 227 g/mol. The molecule has 0 bridgehead atoms. The molecule has 0 fully saturated rings. The second-order valence-electron chi connectivity index (χ2n) is 3.27. The number of ether oxygens (including phenoxy) is 1. The average molecular weight is 228 g/mol. The first-order chi connectivity index (χ1) is 7.13. The first-order valence-electron chi connectivity index (χ1n) is 4.70. The van der Waals surface area contributed by atoms with Gasteiger partial charge in [0.25, 0.3) is 0 Å². The lowest BCUT2D eigenvalue weighted by molar-refractivity contribution is 0.168. The quantitative estimate of drug-likeness (QED) is 0.806. The summed E-state index contributed by atoms with van der Waals surface area (Å²) in [6.07, 6.45) is -0.468. The number of rotatable bonds is 3. The van der Waals surface area contributed by atoms with Crippen molar-refractivity contribution in [3.05, 3.63) is 29.3 Å². The highest BCUT2D eigenvalue weighted by molar-refractivity contribution is 6.18. The summed E-state index contributed by atoms with van der Waals surface area (Å²) in [6, 6.07) is 5.84. The van der Waals surface area contributed by atoms with E-state index in [0.717, 1.165) is 16.8 Å². The van der Waals surface area contributed by atoms with Gasteiger partial charge in [-0.1, -0.05) is 12.1 Å². The molecule has 1 aromatic carbocycles. The lowest BCUT2D eigenvalue weighted by Gasteiger charge is -2.09. The molecular weight excluding hydrogens is 214 g/mol. The second kappa shape index (κ2) is 5.61. The van der Waals surface area contributed by atoms with E-state index >= 15 is 0 Å². The normalized spacial score (nSPS) is 9.80. The van der Waals surface area contributed by atoms with Crippen LogP contribution in [-0.2, 0) is 4.74 Å². The van der Waals surface area contributed by atoms with Gasteiger partial charge in [-0.05, 0) is 31.0 Å². The van der Waals surface area contributed by atoms with Crippen molar-refractivity contribution in [1.82, 2.24) is 0 Å². The molecule has 0 aliphatic rings. The molecule has 0 aliphatic carbocycles. The molecule has 1 aromatic rings. The maximum absolute atomic E-state index is 11.2. The Morgan fingerprint density at radius 2 is 2.20 bits per heavy atom. The summed E-state index contributed by atoms with van der Waals surface area (Å²) in [5.41, 5.74) is 2.87. The molecule has 0 atom stereocenters. The van der Waals surface area contributed by atoms with Crippen molar-refractivity contribution in [2.45, 2.75) is 13.8 Å². The fourth-order valence-electron chi connectivity index (χ4n) is 1.15. The number of amides is 1. The van der Waals surface area contributed by atoms with E-state index in [0.29, 0.717) is 5.88 Å². The lowest BCUT2D eigenvalue weighted by atomic mass is 10.1. The summed E-state index contributed by atoms with van der Waals surface area (Å²) in [5.74, 6) is 0.306. The third-order valence-corrected chi connectivity index (χ3v) is 2.09. The van der Waals surface area contributed by atoms with Crippen molar-refractivity contribution in [3.8, 4) is 0 Å². The van der Waals surface area contributed by atoms with Gasteiger partial charge in [0.15, 0.2) is 0 Å². The molecule has 4 heteroatoms. The molecule has 1 amide bonds. The summed E-state index contributed by atoms with van der Waals surface area (Å²) < 4.78 is 4.81. The smallest absolute Gasteiger partial charge is 0.411 e.